The number of ether oxygens (including phenoxy) is 1. The number of fused-ring (bicyclic) bond motifs is 1. The van der Waals surface area contributed by atoms with Gasteiger partial charge in [0.15, 0.2) is 0 Å². The van der Waals surface area contributed by atoms with Crippen LogP contribution in [0.25, 0.3) is 10.9 Å². The molecule has 0 spiro atoms. The van der Waals surface area contributed by atoms with Crippen LogP contribution in [0.2, 0.25) is 5.02 Å². The minimum Gasteiger partial charge on any atom is -0.492 e. The summed E-state index contributed by atoms with van der Waals surface area (Å²) in [5.74, 6) is 2.12. The Morgan fingerprint density at radius 3 is 2.65 bits per heavy atom. The number of nitrogens with one attached hydrogen (secondary N) is 3. The van der Waals surface area contributed by atoms with Crippen LogP contribution in [-0.4, -0.2) is 46.1 Å². The van der Waals surface area contributed by atoms with Gasteiger partial charge in [0.1, 0.15) is 18.2 Å². The predicted molar refractivity (Wildman–Crippen MR) is 142 cm³/mol. The van der Waals surface area contributed by atoms with Gasteiger partial charge < -0.3 is 20.4 Å². The lowest BCUT2D eigenvalue weighted by atomic mass is 10.2. The van der Waals surface area contributed by atoms with Crippen LogP contribution < -0.4 is 15.4 Å². The topological polar surface area (TPSA) is 78.1 Å². The van der Waals surface area contributed by atoms with Gasteiger partial charge in [-0.3, -0.25) is 4.90 Å². The molecule has 3 N–H and O–H groups in total. The lowest BCUT2D eigenvalue weighted by Gasteiger charge is -2.15. The average molecular weight is 499 g/mol. The molecule has 0 radical (unpaired) electrons. The highest BCUT2D eigenvalue weighted by Crippen LogP contribution is 2.31. The zero-order valence-electron chi connectivity index (χ0n) is 19.0. The molecule has 1 saturated heterocycles. The van der Waals surface area contributed by atoms with E-state index >= 15 is 0 Å². The third-order valence-electron chi connectivity index (χ3n) is 5.88. The van der Waals surface area contributed by atoms with Crippen molar-refractivity contribution in [1.82, 2.24) is 19.9 Å². The third-order valence-corrected chi connectivity index (χ3v) is 6.20. The van der Waals surface area contributed by atoms with Crippen LogP contribution in [0.1, 0.15) is 18.4 Å². The Kier molecular flexibility index (Phi) is 7.77. The summed E-state index contributed by atoms with van der Waals surface area (Å²) in [5, 5.41) is 8.39. The number of likely N-dealkylation sites (tertiary alicyclic amines) is 1. The summed E-state index contributed by atoms with van der Waals surface area (Å²) in [6.45, 7) is 6.05. The van der Waals surface area contributed by atoms with Gasteiger partial charge in [-0.2, -0.15) is 4.98 Å². The van der Waals surface area contributed by atoms with Crippen molar-refractivity contribution in [2.45, 2.75) is 19.8 Å². The van der Waals surface area contributed by atoms with Crippen molar-refractivity contribution < 1.29 is 4.74 Å². The molecule has 1 fully saturated rings. The van der Waals surface area contributed by atoms with Gasteiger partial charge in [-0.05, 0) is 75.3 Å². The van der Waals surface area contributed by atoms with Gasteiger partial charge in [-0.1, -0.05) is 11.6 Å². The van der Waals surface area contributed by atoms with Gasteiger partial charge in [0.05, 0.1) is 10.5 Å². The van der Waals surface area contributed by atoms with Gasteiger partial charge in [-0.25, -0.2) is 4.98 Å². The minimum absolute atomic E-state index is 0. The molecule has 34 heavy (non-hydrogen) atoms. The van der Waals surface area contributed by atoms with Gasteiger partial charge in [0.2, 0.25) is 5.95 Å². The molecule has 9 heteroatoms. The molecule has 1 aliphatic rings. The predicted octanol–water partition coefficient (Wildman–Crippen LogP) is 6.30. The number of aromatic nitrogens is 3. The van der Waals surface area contributed by atoms with Crippen molar-refractivity contribution in [1.29, 1.82) is 0 Å². The monoisotopic (exact) mass is 498 g/mol. The van der Waals surface area contributed by atoms with E-state index in [2.05, 4.69) is 30.5 Å². The van der Waals surface area contributed by atoms with Gasteiger partial charge >= 0.3 is 0 Å². The Morgan fingerprint density at radius 1 is 1.06 bits per heavy atom. The molecule has 178 valence electrons. The number of hydrogen-bond acceptors (Lipinski definition) is 6. The van der Waals surface area contributed by atoms with Gasteiger partial charge in [0.25, 0.3) is 0 Å². The fourth-order valence-corrected chi connectivity index (χ4v) is 4.27. The molecule has 0 atom stereocenters. The largest absolute Gasteiger partial charge is 0.492 e. The Bertz CT molecular complexity index is 1240. The van der Waals surface area contributed by atoms with Crippen molar-refractivity contribution in [2.24, 2.45) is 0 Å². The number of H-pyrrole nitrogens is 1. The SMILES string of the molecule is Cc1cnc(Nc2ccc(OCCN3CCCC3)cc2)nc1Nc1ccc(Cl)c2[nH]ccc12.Cl. The van der Waals surface area contributed by atoms with Crippen molar-refractivity contribution in [3.63, 3.8) is 0 Å². The molecule has 4 aromatic rings. The average Bonchev–Trinajstić information content (AvgIpc) is 3.52. The maximum Gasteiger partial charge on any atom is 0.229 e. The van der Waals surface area contributed by atoms with Crippen LogP contribution in [-0.2, 0) is 0 Å². The molecule has 0 bridgehead atoms. The first-order valence-electron chi connectivity index (χ1n) is 11.2. The van der Waals surface area contributed by atoms with Crippen LogP contribution in [0.3, 0.4) is 0 Å². The fourth-order valence-electron chi connectivity index (χ4n) is 4.05. The van der Waals surface area contributed by atoms with Crippen molar-refractivity contribution in [3.8, 4) is 5.75 Å². The molecule has 5 rings (SSSR count). The Balaban J connectivity index is 0.00000274. The second-order valence-electron chi connectivity index (χ2n) is 8.26. The standard InChI is InChI=1S/C25H27ClN6O.ClH/c1-17-16-28-25(31-24(17)30-22-9-8-21(26)23-20(22)10-11-27-23)29-18-4-6-19(7-5-18)33-15-14-32-12-2-3-13-32;/h4-11,16,27H,2-3,12-15H2,1H3,(H2,28,29,30,31);1H. The van der Waals surface area contributed by atoms with E-state index in [1.54, 1.807) is 6.20 Å². The number of aromatic amines is 1. The van der Waals surface area contributed by atoms with E-state index < -0.39 is 0 Å². The fraction of sp³-hybridized carbons (Fsp3) is 0.280. The first-order chi connectivity index (χ1) is 16.2. The molecular weight excluding hydrogens is 471 g/mol. The zero-order chi connectivity index (χ0) is 22.6. The number of halogens is 2. The summed E-state index contributed by atoms with van der Waals surface area (Å²) < 4.78 is 5.89. The van der Waals surface area contributed by atoms with E-state index in [1.807, 2.05) is 55.6 Å². The van der Waals surface area contributed by atoms with E-state index in [0.29, 0.717) is 17.6 Å². The third kappa shape index (κ3) is 5.55. The molecular formula is C25H28Cl2N6O. The van der Waals surface area contributed by atoms with Gasteiger partial charge in [-0.15, -0.1) is 12.4 Å². The van der Waals surface area contributed by atoms with E-state index in [1.165, 1.54) is 25.9 Å². The van der Waals surface area contributed by atoms with E-state index in [0.717, 1.165) is 46.0 Å². The van der Waals surface area contributed by atoms with Crippen LogP contribution in [0.15, 0.2) is 54.9 Å². The molecule has 0 saturated carbocycles. The number of anilines is 4. The molecule has 0 aliphatic carbocycles. The molecule has 2 aromatic carbocycles. The zero-order valence-corrected chi connectivity index (χ0v) is 20.5. The second kappa shape index (κ2) is 11.0. The number of nitrogens with zero attached hydrogens (tertiary/aromatic N) is 3. The van der Waals surface area contributed by atoms with Crippen LogP contribution in [0.4, 0.5) is 23.1 Å². The number of benzene rings is 2. The van der Waals surface area contributed by atoms with Crippen molar-refractivity contribution in [3.05, 3.63) is 65.4 Å². The highest BCUT2D eigenvalue weighted by Gasteiger charge is 2.11. The molecule has 3 heterocycles. The van der Waals surface area contributed by atoms with Gasteiger partial charge in [0, 0.05) is 41.3 Å². The Labute approximate surface area is 210 Å². The lowest BCUT2D eigenvalue weighted by Crippen LogP contribution is -2.25. The normalized spacial score (nSPS) is 13.6. The highest BCUT2D eigenvalue weighted by atomic mass is 35.5. The minimum atomic E-state index is 0. The maximum atomic E-state index is 6.28. The smallest absolute Gasteiger partial charge is 0.229 e. The molecule has 7 nitrogen and oxygen atoms in total. The molecule has 1 aliphatic heterocycles. The number of aryl methyl sites for hydroxylation is 1. The molecule has 0 unspecified atom stereocenters. The van der Waals surface area contributed by atoms with Crippen molar-refractivity contribution in [2.75, 3.05) is 36.9 Å². The van der Waals surface area contributed by atoms with E-state index in [9.17, 15) is 0 Å². The summed E-state index contributed by atoms with van der Waals surface area (Å²) in [6, 6.07) is 13.7. The first kappa shape index (κ1) is 24.1. The molecule has 0 amide bonds. The quantitative estimate of drug-likeness (QED) is 0.264. The Morgan fingerprint density at radius 2 is 1.85 bits per heavy atom. The van der Waals surface area contributed by atoms with Crippen LogP contribution >= 0.6 is 24.0 Å². The Hall–Kier alpha value is -3.00. The highest BCUT2D eigenvalue weighted by molar-refractivity contribution is 6.35. The maximum absolute atomic E-state index is 6.28. The lowest BCUT2D eigenvalue weighted by molar-refractivity contribution is 0.238. The molecule has 2 aromatic heterocycles. The summed E-state index contributed by atoms with van der Waals surface area (Å²) in [4.78, 5) is 14.7. The van der Waals surface area contributed by atoms with E-state index in [4.69, 9.17) is 16.3 Å². The second-order valence-corrected chi connectivity index (χ2v) is 8.67. The van der Waals surface area contributed by atoms with Crippen LogP contribution in [0.5, 0.6) is 5.75 Å². The first-order valence-corrected chi connectivity index (χ1v) is 11.6. The number of rotatable bonds is 8. The summed E-state index contributed by atoms with van der Waals surface area (Å²) >= 11 is 6.28. The van der Waals surface area contributed by atoms with E-state index in [-0.39, 0.29) is 12.4 Å². The summed E-state index contributed by atoms with van der Waals surface area (Å²) in [7, 11) is 0. The summed E-state index contributed by atoms with van der Waals surface area (Å²) in [6.07, 6.45) is 6.28. The summed E-state index contributed by atoms with van der Waals surface area (Å²) in [5.41, 5.74) is 3.67. The van der Waals surface area contributed by atoms with Crippen molar-refractivity contribution >= 4 is 58.1 Å². The number of hydrogen-bond donors (Lipinski definition) is 3. The van der Waals surface area contributed by atoms with Crippen LogP contribution in [0, 0.1) is 6.92 Å².